The van der Waals surface area contributed by atoms with Crippen molar-refractivity contribution in [2.45, 2.75) is 36.8 Å². The van der Waals surface area contributed by atoms with Crippen molar-refractivity contribution in [1.82, 2.24) is 10.2 Å². The Morgan fingerprint density at radius 3 is 2.43 bits per heavy atom. The molecule has 4 atom stereocenters. The zero-order valence-electron chi connectivity index (χ0n) is 20.3. The largest absolute Gasteiger partial charge is 0.487 e. The summed E-state index contributed by atoms with van der Waals surface area (Å²) in [4.78, 5) is 28.3. The van der Waals surface area contributed by atoms with Crippen molar-refractivity contribution >= 4 is 11.9 Å². The minimum absolute atomic E-state index is 0.0305. The molecule has 4 unspecified atom stereocenters. The summed E-state index contributed by atoms with van der Waals surface area (Å²) < 4.78 is 17.9. The standard InChI is InChI=1S/C27H32N2O6/c1-29(2)15-14-28-25(31)23-20-17-21(30)27(35-20,24(23)26(32)33-3)22(16-18-10-6-4-7-11-18)34-19-12-8-5-9-13-19/h4-13,20-22,30H,14-17H2,1-3H3,(H,28,31). The van der Waals surface area contributed by atoms with Gasteiger partial charge in [0.2, 0.25) is 0 Å². The number of hydrogen-bond acceptors (Lipinski definition) is 7. The zero-order valence-corrected chi connectivity index (χ0v) is 20.3. The van der Waals surface area contributed by atoms with Crippen LogP contribution in [-0.2, 0) is 25.5 Å². The third kappa shape index (κ3) is 4.96. The number of fused-ring (bicyclic) bond motifs is 2. The quantitative estimate of drug-likeness (QED) is 0.500. The van der Waals surface area contributed by atoms with Crippen LogP contribution in [0.2, 0.25) is 0 Å². The molecule has 1 fully saturated rings. The summed E-state index contributed by atoms with van der Waals surface area (Å²) in [6, 6.07) is 18.8. The second kappa shape index (κ2) is 10.6. The average molecular weight is 481 g/mol. The summed E-state index contributed by atoms with van der Waals surface area (Å²) >= 11 is 0. The minimum Gasteiger partial charge on any atom is -0.487 e. The molecule has 0 saturated carbocycles. The number of aliphatic hydroxyl groups is 1. The minimum atomic E-state index is -1.56. The van der Waals surface area contributed by atoms with Crippen LogP contribution in [0, 0.1) is 0 Å². The molecule has 0 radical (unpaired) electrons. The number of amides is 1. The van der Waals surface area contributed by atoms with Crippen LogP contribution in [0.4, 0.5) is 0 Å². The molecule has 186 valence electrons. The highest BCUT2D eigenvalue weighted by Gasteiger charge is 2.66. The Kier molecular flexibility index (Phi) is 7.54. The maximum atomic E-state index is 13.2. The van der Waals surface area contributed by atoms with Gasteiger partial charge in [0.25, 0.3) is 5.91 Å². The van der Waals surface area contributed by atoms with Gasteiger partial charge < -0.3 is 29.5 Å². The highest BCUT2D eigenvalue weighted by molar-refractivity contribution is 6.06. The van der Waals surface area contributed by atoms with Crippen LogP contribution in [0.5, 0.6) is 5.75 Å². The molecule has 2 bridgehead atoms. The first-order valence-corrected chi connectivity index (χ1v) is 11.7. The molecule has 0 aliphatic carbocycles. The predicted octanol–water partition coefficient (Wildman–Crippen LogP) is 1.73. The molecule has 2 N–H and O–H groups in total. The maximum Gasteiger partial charge on any atom is 0.337 e. The van der Waals surface area contributed by atoms with Crippen molar-refractivity contribution < 1.29 is 28.9 Å². The number of carbonyl (C=O) groups excluding carboxylic acids is 2. The van der Waals surface area contributed by atoms with E-state index in [-0.39, 0.29) is 17.6 Å². The van der Waals surface area contributed by atoms with Gasteiger partial charge in [-0.25, -0.2) is 4.79 Å². The normalized spacial score (nSPS) is 23.9. The van der Waals surface area contributed by atoms with E-state index in [1.54, 1.807) is 12.1 Å². The highest BCUT2D eigenvalue weighted by atomic mass is 16.6. The van der Waals surface area contributed by atoms with Crippen LogP contribution in [0.25, 0.3) is 0 Å². The summed E-state index contributed by atoms with van der Waals surface area (Å²) in [5.41, 5.74) is -0.383. The lowest BCUT2D eigenvalue weighted by Gasteiger charge is -2.38. The summed E-state index contributed by atoms with van der Waals surface area (Å²) in [6.07, 6.45) is -2.07. The first-order valence-electron chi connectivity index (χ1n) is 11.7. The van der Waals surface area contributed by atoms with Gasteiger partial charge in [-0.3, -0.25) is 4.79 Å². The van der Waals surface area contributed by atoms with E-state index in [2.05, 4.69) is 5.32 Å². The van der Waals surface area contributed by atoms with Crippen molar-refractivity contribution in [3.05, 3.63) is 77.4 Å². The second-order valence-electron chi connectivity index (χ2n) is 9.10. The monoisotopic (exact) mass is 480 g/mol. The number of esters is 1. The van der Waals surface area contributed by atoms with Crippen molar-refractivity contribution in [2.75, 3.05) is 34.3 Å². The van der Waals surface area contributed by atoms with E-state index in [0.29, 0.717) is 25.3 Å². The number of aliphatic hydroxyl groups excluding tert-OH is 1. The number of nitrogens with one attached hydrogen (secondary N) is 1. The first kappa shape index (κ1) is 24.9. The first-order chi connectivity index (χ1) is 16.9. The molecule has 2 aliphatic rings. The van der Waals surface area contributed by atoms with Gasteiger partial charge in [0, 0.05) is 25.9 Å². The highest BCUT2D eigenvalue weighted by Crippen LogP contribution is 2.51. The SMILES string of the molecule is COC(=O)C1=C(C(=O)NCCN(C)C)C2CC(O)C1(C(Cc1ccccc1)Oc1ccccc1)O2. The van der Waals surface area contributed by atoms with E-state index in [1.807, 2.05) is 67.5 Å². The van der Waals surface area contributed by atoms with Crippen LogP contribution < -0.4 is 10.1 Å². The Labute approximate surface area is 205 Å². The fourth-order valence-electron chi connectivity index (χ4n) is 4.86. The molecule has 2 aromatic carbocycles. The molecule has 2 heterocycles. The van der Waals surface area contributed by atoms with Gasteiger partial charge in [-0.1, -0.05) is 48.5 Å². The van der Waals surface area contributed by atoms with Crippen LogP contribution in [0.3, 0.4) is 0 Å². The molecule has 8 nitrogen and oxygen atoms in total. The van der Waals surface area contributed by atoms with Crippen LogP contribution >= 0.6 is 0 Å². The van der Waals surface area contributed by atoms with E-state index < -0.39 is 35.8 Å². The number of benzene rings is 2. The number of para-hydroxylation sites is 1. The molecule has 35 heavy (non-hydrogen) atoms. The van der Waals surface area contributed by atoms with Gasteiger partial charge in [-0.2, -0.15) is 0 Å². The number of carbonyl (C=O) groups is 2. The van der Waals surface area contributed by atoms with Gasteiger partial charge in [0.05, 0.1) is 30.5 Å². The van der Waals surface area contributed by atoms with E-state index >= 15 is 0 Å². The van der Waals surface area contributed by atoms with Gasteiger partial charge >= 0.3 is 5.97 Å². The summed E-state index contributed by atoms with van der Waals surface area (Å²) in [5.74, 6) is -0.543. The molecule has 2 aromatic rings. The molecule has 8 heteroatoms. The Morgan fingerprint density at radius 2 is 1.80 bits per heavy atom. The Hall–Kier alpha value is -3.20. The van der Waals surface area contributed by atoms with E-state index in [9.17, 15) is 14.7 Å². The summed E-state index contributed by atoms with van der Waals surface area (Å²) in [6.45, 7) is 1.04. The lowest BCUT2D eigenvalue weighted by molar-refractivity contribution is -0.145. The topological polar surface area (TPSA) is 97.3 Å². The number of likely N-dealkylation sites (N-methyl/N-ethyl adjacent to an activating group) is 1. The van der Waals surface area contributed by atoms with Gasteiger partial charge in [0.1, 0.15) is 11.9 Å². The molecule has 0 spiro atoms. The fraction of sp³-hybridized carbons (Fsp3) is 0.407. The Morgan fingerprint density at radius 1 is 1.14 bits per heavy atom. The molecule has 0 aromatic heterocycles. The third-order valence-corrected chi connectivity index (χ3v) is 6.49. The number of ether oxygens (including phenoxy) is 3. The summed E-state index contributed by atoms with van der Waals surface area (Å²) in [5, 5.41) is 14.1. The number of methoxy groups -OCH3 is 1. The zero-order chi connectivity index (χ0) is 25.0. The Bertz CT molecular complexity index is 1030. The average Bonchev–Trinajstić information content (AvgIpc) is 3.37. The number of hydrogen-bond donors (Lipinski definition) is 2. The van der Waals surface area contributed by atoms with Crippen LogP contribution in [0.15, 0.2) is 71.8 Å². The van der Waals surface area contributed by atoms with Gasteiger partial charge in [-0.15, -0.1) is 0 Å². The smallest absolute Gasteiger partial charge is 0.337 e. The molecule has 4 rings (SSSR count). The number of rotatable bonds is 10. The van der Waals surface area contributed by atoms with Crippen LogP contribution in [0.1, 0.15) is 12.0 Å². The van der Waals surface area contributed by atoms with Crippen molar-refractivity contribution in [3.63, 3.8) is 0 Å². The predicted molar refractivity (Wildman–Crippen MR) is 130 cm³/mol. The molecule has 1 saturated heterocycles. The lowest BCUT2D eigenvalue weighted by atomic mass is 9.74. The van der Waals surface area contributed by atoms with Crippen molar-refractivity contribution in [1.29, 1.82) is 0 Å². The number of nitrogens with zero attached hydrogens (tertiary/aromatic N) is 1. The van der Waals surface area contributed by atoms with Gasteiger partial charge in [0.15, 0.2) is 5.60 Å². The lowest BCUT2D eigenvalue weighted by Crippen LogP contribution is -2.56. The summed E-state index contributed by atoms with van der Waals surface area (Å²) in [7, 11) is 5.08. The van der Waals surface area contributed by atoms with E-state index in [1.165, 1.54) is 7.11 Å². The fourth-order valence-corrected chi connectivity index (χ4v) is 4.86. The molecule has 2 aliphatic heterocycles. The maximum absolute atomic E-state index is 13.2. The van der Waals surface area contributed by atoms with Crippen LogP contribution in [-0.4, -0.2) is 80.1 Å². The van der Waals surface area contributed by atoms with E-state index in [0.717, 1.165) is 5.56 Å². The van der Waals surface area contributed by atoms with Crippen molar-refractivity contribution in [3.8, 4) is 5.75 Å². The molecule has 1 amide bonds. The molecular weight excluding hydrogens is 448 g/mol. The second-order valence-corrected chi connectivity index (χ2v) is 9.10. The molecular formula is C27H32N2O6. The Balaban J connectivity index is 1.77. The van der Waals surface area contributed by atoms with Gasteiger partial charge in [-0.05, 0) is 31.8 Å². The third-order valence-electron chi connectivity index (χ3n) is 6.49. The van der Waals surface area contributed by atoms with E-state index in [4.69, 9.17) is 14.2 Å². The van der Waals surface area contributed by atoms with Crippen molar-refractivity contribution in [2.24, 2.45) is 0 Å².